The van der Waals surface area contributed by atoms with Crippen molar-refractivity contribution in [1.82, 2.24) is 0 Å². The zero-order valence-corrected chi connectivity index (χ0v) is 29.5. The molecule has 0 aromatic carbocycles. The molecule has 0 aromatic heterocycles. The van der Waals surface area contributed by atoms with Crippen molar-refractivity contribution in [2.75, 3.05) is 0 Å². The summed E-state index contributed by atoms with van der Waals surface area (Å²) in [6.07, 6.45) is 0. The molecule has 0 bridgehead atoms. The molecule has 0 spiro atoms. The van der Waals surface area contributed by atoms with Crippen LogP contribution in [0.15, 0.2) is 0 Å². The van der Waals surface area contributed by atoms with E-state index in [9.17, 15) is 0 Å². The summed E-state index contributed by atoms with van der Waals surface area (Å²) in [4.78, 5) is 0. The zero-order chi connectivity index (χ0) is 23.4. The Morgan fingerprint density at radius 3 is 1.17 bits per heavy atom. The van der Waals surface area contributed by atoms with Crippen LogP contribution >= 0.6 is 0 Å². The molecular formula is C19H51O3Si7. The van der Waals surface area contributed by atoms with Crippen LogP contribution in [0.1, 0.15) is 41.5 Å². The van der Waals surface area contributed by atoms with E-state index in [-0.39, 0.29) is 0 Å². The summed E-state index contributed by atoms with van der Waals surface area (Å²) in [7, 11) is -11.6. The van der Waals surface area contributed by atoms with Crippen molar-refractivity contribution < 1.29 is 12.3 Å². The van der Waals surface area contributed by atoms with E-state index in [2.05, 4.69) is 107 Å². The van der Waals surface area contributed by atoms with E-state index in [1.54, 1.807) is 0 Å². The van der Waals surface area contributed by atoms with Gasteiger partial charge in [-0.15, -0.1) is 0 Å². The van der Waals surface area contributed by atoms with Crippen molar-refractivity contribution in [2.24, 2.45) is 0 Å². The van der Waals surface area contributed by atoms with Gasteiger partial charge >= 0.3 is 9.53 Å². The molecule has 0 aromatic rings. The van der Waals surface area contributed by atoms with Crippen molar-refractivity contribution in [1.29, 1.82) is 0 Å². The van der Waals surface area contributed by atoms with Crippen LogP contribution in [0, 0.1) is 0 Å². The molecule has 1 radical (unpaired) electrons. The molecule has 0 N–H and O–H groups in total. The van der Waals surface area contributed by atoms with E-state index in [1.807, 2.05) is 0 Å². The highest BCUT2D eigenvalue weighted by Gasteiger charge is 2.87. The molecular weight excluding hydrogens is 473 g/mol. The topological polar surface area (TPSA) is 27.7 Å². The maximum Gasteiger partial charge on any atom is 0.543 e. The molecule has 0 aliphatic carbocycles. The van der Waals surface area contributed by atoms with Crippen molar-refractivity contribution in [3.05, 3.63) is 0 Å². The Morgan fingerprint density at radius 1 is 0.586 bits per heavy atom. The van der Waals surface area contributed by atoms with Crippen LogP contribution in [0.4, 0.5) is 0 Å². The van der Waals surface area contributed by atoms with E-state index in [0.29, 0.717) is 5.54 Å². The molecule has 1 unspecified atom stereocenters. The molecule has 1 aliphatic rings. The van der Waals surface area contributed by atoms with E-state index in [4.69, 9.17) is 12.3 Å². The monoisotopic (exact) mass is 523 g/mol. The minimum atomic E-state index is -1.97. The van der Waals surface area contributed by atoms with Crippen LogP contribution in [-0.4, -0.2) is 54.8 Å². The number of rotatable bonds is 9. The molecule has 173 valence electrons. The lowest BCUT2D eigenvalue weighted by atomic mass is 10.5. The SMILES string of the molecule is CC(C)[Si]1(O[Si](O[Si](C)(C)C)O[Si](C)(C)C)[Si](C)(C)[Si](C)(C)[Si]1(C(C)C)C(C)C. The highest BCUT2D eigenvalue weighted by Crippen LogP contribution is 2.64. The third-order valence-electron chi connectivity index (χ3n) is 7.80. The smallest absolute Gasteiger partial charge is 0.419 e. The standard InChI is InChI=1S/C19H51O3Si7/c1-17(2)28(18(3)4)26(13,14)27(15,16)29(28,19(5)6)22-23(20-24(7,8)9)21-25(10,11)12/h17-19H,1-16H3. The summed E-state index contributed by atoms with van der Waals surface area (Å²) in [6, 6.07) is 0. The Balaban J connectivity index is 3.70. The average molecular weight is 524 g/mol. The normalized spacial score (nSPS) is 26.5. The fraction of sp³-hybridized carbons (Fsp3) is 1.00. The second-order valence-corrected chi connectivity index (χ2v) is 68.1. The first-order valence-electron chi connectivity index (χ1n) is 11.6. The Bertz CT molecular complexity index is 555. The van der Waals surface area contributed by atoms with Gasteiger partial charge in [0.2, 0.25) is 0 Å². The number of hydrogen-bond acceptors (Lipinski definition) is 3. The Hall–Kier alpha value is 1.40. The van der Waals surface area contributed by atoms with Crippen molar-refractivity contribution in [2.45, 2.75) is 124 Å². The minimum absolute atomic E-state index is 0.664. The van der Waals surface area contributed by atoms with Gasteiger partial charge in [-0.1, -0.05) is 78.8 Å². The molecule has 3 nitrogen and oxygen atoms in total. The first kappa shape index (κ1) is 28.4. The summed E-state index contributed by atoms with van der Waals surface area (Å²) < 4.78 is 21.1. The molecule has 1 heterocycles. The largest absolute Gasteiger partial charge is 0.543 e. The fourth-order valence-corrected chi connectivity index (χ4v) is 164. The third-order valence-corrected chi connectivity index (χ3v) is 112. The van der Waals surface area contributed by atoms with Gasteiger partial charge in [0, 0.05) is 7.11 Å². The summed E-state index contributed by atoms with van der Waals surface area (Å²) in [5.74, 6) is 0. The Kier molecular flexibility index (Phi) is 8.47. The summed E-state index contributed by atoms with van der Waals surface area (Å²) in [6.45, 7) is 39.8. The first-order valence-corrected chi connectivity index (χ1v) is 33.7. The van der Waals surface area contributed by atoms with Gasteiger partial charge in [-0.2, -0.15) is 0 Å². The first-order chi connectivity index (χ1) is 12.6. The lowest BCUT2D eigenvalue weighted by Gasteiger charge is -2.79. The zero-order valence-electron chi connectivity index (χ0n) is 22.5. The van der Waals surface area contributed by atoms with E-state index in [0.717, 1.165) is 11.1 Å². The van der Waals surface area contributed by atoms with Crippen LogP contribution < -0.4 is 0 Å². The molecule has 29 heavy (non-hydrogen) atoms. The predicted molar refractivity (Wildman–Crippen MR) is 147 cm³/mol. The molecule has 1 saturated heterocycles. The quantitative estimate of drug-likeness (QED) is 0.303. The minimum Gasteiger partial charge on any atom is -0.419 e. The van der Waals surface area contributed by atoms with Gasteiger partial charge in [0.05, 0.1) is 14.2 Å². The predicted octanol–water partition coefficient (Wildman–Crippen LogP) is 7.06. The Labute approximate surface area is 190 Å². The molecule has 0 amide bonds. The number of hydrogen-bond donors (Lipinski definition) is 0. The van der Waals surface area contributed by atoms with Gasteiger partial charge in [-0.05, 0) is 44.8 Å². The Morgan fingerprint density at radius 2 is 0.931 bits per heavy atom. The molecule has 10 heteroatoms. The lowest BCUT2D eigenvalue weighted by molar-refractivity contribution is 0.301. The van der Waals surface area contributed by atoms with Gasteiger partial charge < -0.3 is 12.3 Å². The van der Waals surface area contributed by atoms with Crippen LogP contribution in [-0.2, 0) is 12.3 Å². The van der Waals surface area contributed by atoms with Crippen LogP contribution in [0.3, 0.4) is 0 Å². The summed E-state index contributed by atoms with van der Waals surface area (Å²) >= 11 is 0. The summed E-state index contributed by atoms with van der Waals surface area (Å²) in [5, 5.41) is 0. The van der Waals surface area contributed by atoms with Crippen molar-refractivity contribution >= 4 is 54.8 Å². The molecule has 0 saturated carbocycles. The highest BCUT2D eigenvalue weighted by atomic mass is 30.2. The molecule has 1 atom stereocenters. The summed E-state index contributed by atoms with van der Waals surface area (Å²) in [5.41, 5.74) is 2.25. The van der Waals surface area contributed by atoms with Crippen molar-refractivity contribution in [3.63, 3.8) is 0 Å². The highest BCUT2D eigenvalue weighted by molar-refractivity contribution is 8.13. The second-order valence-electron chi connectivity index (χ2n) is 13.1. The molecule has 1 aliphatic heterocycles. The third kappa shape index (κ3) is 4.45. The van der Waals surface area contributed by atoms with E-state index >= 15 is 0 Å². The van der Waals surface area contributed by atoms with Crippen molar-refractivity contribution in [3.8, 4) is 0 Å². The lowest BCUT2D eigenvalue weighted by Crippen LogP contribution is -3.07. The van der Waals surface area contributed by atoms with Gasteiger partial charge in [0.1, 0.15) is 0 Å². The van der Waals surface area contributed by atoms with Gasteiger partial charge in [0.25, 0.3) is 0 Å². The molecule has 1 rings (SSSR count). The average Bonchev–Trinajstić information content (AvgIpc) is 2.40. The fourth-order valence-electron chi connectivity index (χ4n) is 7.09. The van der Waals surface area contributed by atoms with Crippen LogP contribution in [0.2, 0.25) is 82.1 Å². The van der Waals surface area contributed by atoms with Gasteiger partial charge in [-0.25, -0.2) is 0 Å². The molecule has 1 fully saturated rings. The van der Waals surface area contributed by atoms with Crippen LogP contribution in [0.5, 0.6) is 0 Å². The van der Waals surface area contributed by atoms with Gasteiger partial charge in [0.15, 0.2) is 24.0 Å². The van der Waals surface area contributed by atoms with E-state index in [1.165, 1.54) is 0 Å². The van der Waals surface area contributed by atoms with E-state index < -0.39 is 54.8 Å². The van der Waals surface area contributed by atoms with Gasteiger partial charge in [-0.3, -0.25) is 0 Å². The second kappa shape index (κ2) is 8.64. The maximum atomic E-state index is 7.60. The van der Waals surface area contributed by atoms with Crippen LogP contribution in [0.25, 0.3) is 0 Å². The maximum absolute atomic E-state index is 7.60.